The van der Waals surface area contributed by atoms with Crippen molar-refractivity contribution in [2.75, 3.05) is 6.61 Å². The first-order valence-corrected chi connectivity index (χ1v) is 6.78. The maximum atomic E-state index is 5.87. The van der Waals surface area contributed by atoms with E-state index in [2.05, 4.69) is 34.6 Å². The number of hydrogen-bond donors (Lipinski definition) is 0. The molecule has 0 aromatic rings. The first kappa shape index (κ1) is 14.9. The highest BCUT2D eigenvalue weighted by Gasteiger charge is 2.38. The molecule has 0 aliphatic carbocycles. The molecule has 0 aromatic heterocycles. The van der Waals surface area contributed by atoms with Gasteiger partial charge in [-0.1, -0.05) is 27.7 Å². The monoisotopic (exact) mass is 244 g/mol. The average molecular weight is 244 g/mol. The van der Waals surface area contributed by atoms with Crippen LogP contribution < -0.4 is 0 Å². The Morgan fingerprint density at radius 1 is 1.18 bits per heavy atom. The summed E-state index contributed by atoms with van der Waals surface area (Å²) in [5.41, 5.74) is 0. The van der Waals surface area contributed by atoms with E-state index in [0.29, 0.717) is 18.4 Å². The Bertz CT molecular complexity index is 228. The predicted octanol–water partition coefficient (Wildman–Crippen LogP) is 3.57. The van der Waals surface area contributed by atoms with Gasteiger partial charge in [0.15, 0.2) is 12.1 Å². The zero-order chi connectivity index (χ0) is 13.1. The van der Waals surface area contributed by atoms with Gasteiger partial charge < -0.3 is 14.2 Å². The summed E-state index contributed by atoms with van der Waals surface area (Å²) in [7, 11) is 0. The molecule has 0 spiro atoms. The van der Waals surface area contributed by atoms with E-state index < -0.39 is 5.79 Å². The molecule has 1 rings (SSSR count). The van der Waals surface area contributed by atoms with Crippen molar-refractivity contribution in [3.8, 4) is 0 Å². The lowest BCUT2D eigenvalue weighted by Gasteiger charge is -2.25. The summed E-state index contributed by atoms with van der Waals surface area (Å²) >= 11 is 0. The first-order valence-electron chi connectivity index (χ1n) is 6.78. The second-order valence-corrected chi connectivity index (χ2v) is 6.17. The van der Waals surface area contributed by atoms with E-state index in [1.807, 2.05) is 6.92 Å². The van der Waals surface area contributed by atoms with Crippen molar-refractivity contribution in [1.29, 1.82) is 0 Å². The summed E-state index contributed by atoms with van der Waals surface area (Å²) < 4.78 is 17.4. The van der Waals surface area contributed by atoms with Gasteiger partial charge in [0.05, 0.1) is 6.10 Å². The van der Waals surface area contributed by atoms with Gasteiger partial charge in [-0.05, 0) is 32.1 Å². The van der Waals surface area contributed by atoms with Crippen molar-refractivity contribution in [2.45, 2.75) is 72.6 Å². The van der Waals surface area contributed by atoms with E-state index in [4.69, 9.17) is 14.2 Å². The molecule has 17 heavy (non-hydrogen) atoms. The van der Waals surface area contributed by atoms with Crippen LogP contribution in [0.2, 0.25) is 0 Å². The normalized spacial score (nSPS) is 31.4. The van der Waals surface area contributed by atoms with Crippen molar-refractivity contribution < 1.29 is 14.2 Å². The molecular formula is C14H28O3. The molecular weight excluding hydrogens is 216 g/mol. The Kier molecular flexibility index (Phi) is 5.42. The Labute approximate surface area is 106 Å². The van der Waals surface area contributed by atoms with Crippen molar-refractivity contribution in [1.82, 2.24) is 0 Å². The standard InChI is InChI=1S/C14H28O3/c1-10(2)7-12(5)16-13-9-15-14(6,17-13)8-11(3)4/h10-13H,7-9H2,1-6H3. The van der Waals surface area contributed by atoms with Crippen molar-refractivity contribution in [3.63, 3.8) is 0 Å². The highest BCUT2D eigenvalue weighted by Crippen LogP contribution is 2.31. The van der Waals surface area contributed by atoms with Gasteiger partial charge in [-0.25, -0.2) is 0 Å². The fourth-order valence-electron chi connectivity index (χ4n) is 2.48. The minimum atomic E-state index is -0.462. The van der Waals surface area contributed by atoms with Crippen LogP contribution in [0.3, 0.4) is 0 Å². The summed E-state index contributed by atoms with van der Waals surface area (Å²) in [6.07, 6.45) is 1.99. The zero-order valence-corrected chi connectivity index (χ0v) is 12.2. The highest BCUT2D eigenvalue weighted by atomic mass is 16.8. The molecule has 102 valence electrons. The van der Waals surface area contributed by atoms with Crippen LogP contribution in [-0.2, 0) is 14.2 Å². The van der Waals surface area contributed by atoms with Gasteiger partial charge >= 0.3 is 0 Å². The van der Waals surface area contributed by atoms with Crippen LogP contribution in [0.15, 0.2) is 0 Å². The molecule has 0 bridgehead atoms. The third-order valence-corrected chi connectivity index (χ3v) is 2.87. The lowest BCUT2D eigenvalue weighted by atomic mass is 10.0. The second kappa shape index (κ2) is 6.17. The zero-order valence-electron chi connectivity index (χ0n) is 12.2. The molecule has 0 saturated carbocycles. The fourth-order valence-corrected chi connectivity index (χ4v) is 2.48. The molecule has 3 unspecified atom stereocenters. The van der Waals surface area contributed by atoms with Gasteiger partial charge in [-0.15, -0.1) is 0 Å². The Balaban J connectivity index is 2.34. The van der Waals surface area contributed by atoms with Crippen LogP contribution in [0, 0.1) is 11.8 Å². The minimum absolute atomic E-state index is 0.201. The molecule has 1 saturated heterocycles. The fraction of sp³-hybridized carbons (Fsp3) is 1.00. The van der Waals surface area contributed by atoms with Gasteiger partial charge in [0.2, 0.25) is 0 Å². The maximum Gasteiger partial charge on any atom is 0.184 e. The Hall–Kier alpha value is -0.120. The number of rotatable bonds is 6. The molecule has 1 aliphatic rings. The molecule has 3 heteroatoms. The maximum absolute atomic E-state index is 5.87. The number of hydrogen-bond acceptors (Lipinski definition) is 3. The van der Waals surface area contributed by atoms with E-state index >= 15 is 0 Å². The summed E-state index contributed by atoms with van der Waals surface area (Å²) in [6, 6.07) is 0. The quantitative estimate of drug-likeness (QED) is 0.715. The first-order chi connectivity index (χ1) is 7.81. The smallest absolute Gasteiger partial charge is 0.184 e. The molecule has 3 nitrogen and oxygen atoms in total. The van der Waals surface area contributed by atoms with Crippen LogP contribution >= 0.6 is 0 Å². The van der Waals surface area contributed by atoms with E-state index in [9.17, 15) is 0 Å². The largest absolute Gasteiger partial charge is 0.347 e. The molecule has 3 atom stereocenters. The van der Waals surface area contributed by atoms with Crippen LogP contribution in [0.4, 0.5) is 0 Å². The van der Waals surface area contributed by atoms with Crippen molar-refractivity contribution in [3.05, 3.63) is 0 Å². The lowest BCUT2D eigenvalue weighted by molar-refractivity contribution is -0.218. The summed E-state index contributed by atoms with van der Waals surface area (Å²) in [5.74, 6) is 0.748. The number of ether oxygens (including phenoxy) is 3. The molecule has 1 fully saturated rings. The third-order valence-electron chi connectivity index (χ3n) is 2.87. The second-order valence-electron chi connectivity index (χ2n) is 6.17. The average Bonchev–Trinajstić information content (AvgIpc) is 2.43. The van der Waals surface area contributed by atoms with Gasteiger partial charge in [-0.2, -0.15) is 0 Å². The van der Waals surface area contributed by atoms with E-state index in [0.717, 1.165) is 12.8 Å². The highest BCUT2D eigenvalue weighted by molar-refractivity contribution is 4.73. The van der Waals surface area contributed by atoms with Crippen LogP contribution in [0.1, 0.15) is 54.4 Å². The van der Waals surface area contributed by atoms with E-state index in [-0.39, 0.29) is 12.4 Å². The lowest BCUT2D eigenvalue weighted by Crippen LogP contribution is -2.30. The summed E-state index contributed by atoms with van der Waals surface area (Å²) in [6.45, 7) is 13.4. The molecule has 1 aliphatic heterocycles. The third kappa shape index (κ3) is 5.36. The summed E-state index contributed by atoms with van der Waals surface area (Å²) in [4.78, 5) is 0. The van der Waals surface area contributed by atoms with Crippen molar-refractivity contribution in [2.24, 2.45) is 11.8 Å². The Morgan fingerprint density at radius 2 is 1.82 bits per heavy atom. The topological polar surface area (TPSA) is 27.7 Å². The molecule has 1 heterocycles. The SMILES string of the molecule is CC(C)CC(C)OC1COC(C)(CC(C)C)O1. The van der Waals surface area contributed by atoms with Crippen molar-refractivity contribution >= 4 is 0 Å². The van der Waals surface area contributed by atoms with Gasteiger partial charge in [0.1, 0.15) is 6.61 Å². The van der Waals surface area contributed by atoms with Gasteiger partial charge in [0, 0.05) is 6.42 Å². The van der Waals surface area contributed by atoms with Crippen LogP contribution in [-0.4, -0.2) is 24.8 Å². The Morgan fingerprint density at radius 3 is 2.35 bits per heavy atom. The predicted molar refractivity (Wildman–Crippen MR) is 68.7 cm³/mol. The molecule has 0 radical (unpaired) electrons. The molecule has 0 amide bonds. The van der Waals surface area contributed by atoms with Gasteiger partial charge in [-0.3, -0.25) is 0 Å². The minimum Gasteiger partial charge on any atom is -0.347 e. The summed E-state index contributed by atoms with van der Waals surface area (Å²) in [5, 5.41) is 0. The van der Waals surface area contributed by atoms with Crippen LogP contribution in [0.25, 0.3) is 0 Å². The van der Waals surface area contributed by atoms with Gasteiger partial charge in [0.25, 0.3) is 0 Å². The van der Waals surface area contributed by atoms with E-state index in [1.165, 1.54) is 0 Å². The van der Waals surface area contributed by atoms with E-state index in [1.54, 1.807) is 0 Å². The van der Waals surface area contributed by atoms with Crippen LogP contribution in [0.5, 0.6) is 0 Å². The molecule has 0 N–H and O–H groups in total. The molecule has 0 aromatic carbocycles.